The molecule has 0 radical (unpaired) electrons. The zero-order valence-corrected chi connectivity index (χ0v) is 12.0. The molecule has 1 aromatic carbocycles. The van der Waals surface area contributed by atoms with Crippen LogP contribution in [0.3, 0.4) is 0 Å². The van der Waals surface area contributed by atoms with Crippen LogP contribution in [0.4, 0.5) is 10.1 Å². The Morgan fingerprint density at radius 3 is 2.75 bits per heavy atom. The van der Waals surface area contributed by atoms with Crippen molar-refractivity contribution in [1.82, 2.24) is 4.90 Å². The first-order valence-electron chi connectivity index (χ1n) is 6.41. The maximum atomic E-state index is 13.4. The van der Waals surface area contributed by atoms with Crippen LogP contribution < -0.4 is 5.73 Å². The fraction of sp³-hybridized carbons (Fsp3) is 0.462. The Balaban J connectivity index is 2.28. The number of amides is 1. The van der Waals surface area contributed by atoms with E-state index in [1.807, 2.05) is 0 Å². The van der Waals surface area contributed by atoms with Crippen molar-refractivity contribution >= 4 is 21.4 Å². The maximum absolute atomic E-state index is 13.4. The molecular formula is C13H17FN2O3S. The lowest BCUT2D eigenvalue weighted by atomic mass is 10.1. The molecule has 2 N–H and O–H groups in total. The van der Waals surface area contributed by atoms with Gasteiger partial charge in [0.2, 0.25) is 0 Å². The number of sulfone groups is 1. The molecule has 1 aromatic rings. The molecule has 110 valence electrons. The molecule has 20 heavy (non-hydrogen) atoms. The summed E-state index contributed by atoms with van der Waals surface area (Å²) in [5.41, 5.74) is 5.47. The standard InChI is InChI=1S/C13H17FN2O3S/c1-2-16(9-6-7-20(18,19)8-9)13(17)10-4-3-5-11(14)12(10)15/h3-5,9H,2,6-8,15H2,1H3. The van der Waals surface area contributed by atoms with Gasteiger partial charge in [0.15, 0.2) is 9.84 Å². The number of rotatable bonds is 3. The number of nitrogen functional groups attached to an aromatic ring is 1. The van der Waals surface area contributed by atoms with Gasteiger partial charge in [-0.2, -0.15) is 0 Å². The van der Waals surface area contributed by atoms with E-state index in [0.717, 1.165) is 0 Å². The monoisotopic (exact) mass is 300 g/mol. The molecule has 0 aromatic heterocycles. The van der Waals surface area contributed by atoms with Gasteiger partial charge in [0.1, 0.15) is 5.82 Å². The van der Waals surface area contributed by atoms with Crippen LogP contribution in [0.15, 0.2) is 18.2 Å². The fourth-order valence-electron chi connectivity index (χ4n) is 2.47. The number of carbonyl (C=O) groups is 1. The molecule has 1 aliphatic heterocycles. The number of para-hydroxylation sites is 1. The van der Waals surface area contributed by atoms with Crippen molar-refractivity contribution in [1.29, 1.82) is 0 Å². The van der Waals surface area contributed by atoms with Crippen LogP contribution in [0.2, 0.25) is 0 Å². The van der Waals surface area contributed by atoms with E-state index in [0.29, 0.717) is 13.0 Å². The number of halogens is 1. The minimum Gasteiger partial charge on any atom is -0.396 e. The Morgan fingerprint density at radius 2 is 2.20 bits per heavy atom. The highest BCUT2D eigenvalue weighted by Crippen LogP contribution is 2.23. The molecule has 5 nitrogen and oxygen atoms in total. The lowest BCUT2D eigenvalue weighted by Gasteiger charge is -2.27. The Bertz CT molecular complexity index is 631. The molecule has 1 saturated heterocycles. The van der Waals surface area contributed by atoms with Gasteiger partial charge >= 0.3 is 0 Å². The molecule has 1 heterocycles. The summed E-state index contributed by atoms with van der Waals surface area (Å²) in [4.78, 5) is 13.9. The second kappa shape index (κ2) is 5.40. The lowest BCUT2D eigenvalue weighted by molar-refractivity contribution is 0.0709. The zero-order valence-electron chi connectivity index (χ0n) is 11.2. The van der Waals surface area contributed by atoms with Crippen LogP contribution in [0, 0.1) is 5.82 Å². The van der Waals surface area contributed by atoms with Crippen LogP contribution in [0.5, 0.6) is 0 Å². The minimum atomic E-state index is -3.08. The van der Waals surface area contributed by atoms with Crippen molar-refractivity contribution in [3.63, 3.8) is 0 Å². The third-order valence-electron chi connectivity index (χ3n) is 3.53. The highest BCUT2D eigenvalue weighted by molar-refractivity contribution is 7.91. The van der Waals surface area contributed by atoms with Gasteiger partial charge in [-0.15, -0.1) is 0 Å². The van der Waals surface area contributed by atoms with Crippen LogP contribution in [-0.4, -0.2) is 43.3 Å². The topological polar surface area (TPSA) is 80.5 Å². The van der Waals surface area contributed by atoms with Gasteiger partial charge in [0, 0.05) is 12.6 Å². The molecule has 1 unspecified atom stereocenters. The van der Waals surface area contributed by atoms with Crippen LogP contribution in [-0.2, 0) is 9.84 Å². The first-order chi connectivity index (χ1) is 9.35. The van der Waals surface area contributed by atoms with E-state index < -0.39 is 21.6 Å². The van der Waals surface area contributed by atoms with E-state index in [9.17, 15) is 17.6 Å². The van der Waals surface area contributed by atoms with Gasteiger partial charge in [0.05, 0.1) is 22.8 Å². The van der Waals surface area contributed by atoms with Crippen molar-refractivity contribution in [2.75, 3.05) is 23.8 Å². The normalized spacial score (nSPS) is 20.8. The molecule has 1 fully saturated rings. The molecule has 0 bridgehead atoms. The summed E-state index contributed by atoms with van der Waals surface area (Å²) in [5.74, 6) is -1.03. The average Bonchev–Trinajstić information content (AvgIpc) is 2.74. The first-order valence-corrected chi connectivity index (χ1v) is 8.23. The first kappa shape index (κ1) is 14.8. The SMILES string of the molecule is CCN(C(=O)c1cccc(F)c1N)C1CCS(=O)(=O)C1. The molecule has 0 aliphatic carbocycles. The Labute approximate surface area is 117 Å². The molecule has 1 amide bonds. The molecule has 0 saturated carbocycles. The number of anilines is 1. The molecule has 1 atom stereocenters. The smallest absolute Gasteiger partial charge is 0.256 e. The summed E-state index contributed by atoms with van der Waals surface area (Å²) in [6.45, 7) is 2.12. The van der Waals surface area contributed by atoms with E-state index in [1.165, 1.54) is 23.1 Å². The van der Waals surface area contributed by atoms with Crippen LogP contribution in [0.1, 0.15) is 23.7 Å². The molecular weight excluding hydrogens is 283 g/mol. The number of nitrogens with two attached hydrogens (primary N) is 1. The molecule has 2 rings (SSSR count). The highest BCUT2D eigenvalue weighted by atomic mass is 32.2. The largest absolute Gasteiger partial charge is 0.396 e. The number of nitrogens with zero attached hydrogens (tertiary/aromatic N) is 1. The maximum Gasteiger partial charge on any atom is 0.256 e. The van der Waals surface area contributed by atoms with E-state index in [-0.39, 0.29) is 28.8 Å². The van der Waals surface area contributed by atoms with Crippen LogP contribution >= 0.6 is 0 Å². The van der Waals surface area contributed by atoms with E-state index in [2.05, 4.69) is 0 Å². The second-order valence-electron chi connectivity index (χ2n) is 4.85. The predicted octanol–water partition coefficient (Wildman–Crippen LogP) is 1.06. The summed E-state index contributed by atoms with van der Waals surface area (Å²) >= 11 is 0. The number of hydrogen-bond acceptors (Lipinski definition) is 4. The Kier molecular flexibility index (Phi) is 3.99. The summed E-state index contributed by atoms with van der Waals surface area (Å²) < 4.78 is 36.5. The average molecular weight is 300 g/mol. The Hall–Kier alpha value is -1.63. The third kappa shape index (κ3) is 2.77. The lowest BCUT2D eigenvalue weighted by Crippen LogP contribution is -2.41. The van der Waals surface area contributed by atoms with Gasteiger partial charge in [0.25, 0.3) is 5.91 Å². The van der Waals surface area contributed by atoms with E-state index in [4.69, 9.17) is 5.73 Å². The van der Waals surface area contributed by atoms with Crippen molar-refractivity contribution < 1.29 is 17.6 Å². The number of carbonyl (C=O) groups excluding carboxylic acids is 1. The predicted molar refractivity (Wildman–Crippen MR) is 74.6 cm³/mol. The zero-order chi connectivity index (χ0) is 14.9. The van der Waals surface area contributed by atoms with Crippen molar-refractivity contribution in [3.8, 4) is 0 Å². The third-order valence-corrected chi connectivity index (χ3v) is 5.28. The van der Waals surface area contributed by atoms with Crippen molar-refractivity contribution in [2.45, 2.75) is 19.4 Å². The molecule has 0 spiro atoms. The summed E-state index contributed by atoms with van der Waals surface area (Å²) in [7, 11) is -3.08. The van der Waals surface area contributed by atoms with Gasteiger partial charge in [-0.25, -0.2) is 12.8 Å². The van der Waals surface area contributed by atoms with Gasteiger partial charge in [-0.05, 0) is 25.5 Å². The van der Waals surface area contributed by atoms with Gasteiger partial charge < -0.3 is 10.6 Å². The van der Waals surface area contributed by atoms with Crippen LogP contribution in [0.25, 0.3) is 0 Å². The van der Waals surface area contributed by atoms with Crippen molar-refractivity contribution in [3.05, 3.63) is 29.6 Å². The van der Waals surface area contributed by atoms with E-state index >= 15 is 0 Å². The van der Waals surface area contributed by atoms with Gasteiger partial charge in [-0.3, -0.25) is 4.79 Å². The fourth-order valence-corrected chi connectivity index (χ4v) is 4.20. The number of hydrogen-bond donors (Lipinski definition) is 1. The number of benzene rings is 1. The quantitative estimate of drug-likeness (QED) is 0.846. The summed E-state index contributed by atoms with van der Waals surface area (Å²) in [5, 5.41) is 0. The highest BCUT2D eigenvalue weighted by Gasteiger charge is 2.34. The Morgan fingerprint density at radius 1 is 1.50 bits per heavy atom. The van der Waals surface area contributed by atoms with E-state index in [1.54, 1.807) is 6.92 Å². The van der Waals surface area contributed by atoms with Crippen molar-refractivity contribution in [2.24, 2.45) is 0 Å². The molecule has 7 heteroatoms. The summed E-state index contributed by atoms with van der Waals surface area (Å²) in [6, 6.07) is 3.69. The minimum absolute atomic E-state index is 0.0399. The summed E-state index contributed by atoms with van der Waals surface area (Å²) in [6.07, 6.45) is 0.414. The second-order valence-corrected chi connectivity index (χ2v) is 7.08. The molecule has 1 aliphatic rings. The van der Waals surface area contributed by atoms with Gasteiger partial charge in [-0.1, -0.05) is 6.07 Å².